The molecule has 0 aromatic rings. The molecule has 0 bridgehead atoms. The molecule has 3 unspecified atom stereocenters. The number of rotatable bonds is 53. The van der Waals surface area contributed by atoms with E-state index >= 15 is 0 Å². The molecular weight excluding hydrogens is 828 g/mol. The predicted octanol–water partition coefficient (Wildman–Crippen LogP) is 16.4. The molecule has 0 heterocycles. The van der Waals surface area contributed by atoms with E-state index < -0.39 is 20.0 Å². The maximum Gasteiger partial charge on any atom is 0.268 e. The topological polar surface area (TPSA) is 108 Å². The zero-order valence-corrected chi connectivity index (χ0v) is 45.1. The predicted molar refractivity (Wildman–Crippen MR) is 279 cm³/mol. The standard InChI is InChI=1S/C56H113N2O6P/c1-6-8-10-12-14-16-18-20-22-24-26-27-28-29-30-32-33-35-37-39-41-43-45-47-49-55(59)54(53-64-65(61,62)63-52-51-58(3,4)5)57-56(60)50-48-46-44-42-40-38-36-34-31-25-23-21-19-17-15-13-11-9-7-2/h25,31,54-55,59H,6-24,26-30,32-53H2,1-5H3,(H-,57,60,61,62)/b31-25-. The summed E-state index contributed by atoms with van der Waals surface area (Å²) in [5.74, 6) is -0.164. The van der Waals surface area contributed by atoms with Crippen LogP contribution in [0.1, 0.15) is 290 Å². The summed E-state index contributed by atoms with van der Waals surface area (Å²) in [7, 11) is 1.32. The Kier molecular flexibility index (Phi) is 47.7. The zero-order chi connectivity index (χ0) is 47.8. The quantitative estimate of drug-likeness (QED) is 0.0272. The number of allylic oxidation sites excluding steroid dienone is 2. The van der Waals surface area contributed by atoms with Crippen LogP contribution in [0.2, 0.25) is 0 Å². The monoisotopic (exact) mass is 941 g/mol. The number of amides is 1. The molecule has 0 spiro atoms. The number of likely N-dealkylation sites (N-methyl/N-ethyl adjacent to an activating group) is 1. The van der Waals surface area contributed by atoms with Crippen LogP contribution in [0.3, 0.4) is 0 Å². The average molecular weight is 942 g/mol. The number of hydrogen-bond donors (Lipinski definition) is 2. The Bertz CT molecular complexity index is 1070. The van der Waals surface area contributed by atoms with Gasteiger partial charge in [-0.2, -0.15) is 0 Å². The molecule has 9 heteroatoms. The Morgan fingerprint density at radius 3 is 1.20 bits per heavy atom. The molecule has 0 aliphatic heterocycles. The van der Waals surface area contributed by atoms with Crippen LogP contribution in [0.15, 0.2) is 12.2 Å². The lowest BCUT2D eigenvalue weighted by Crippen LogP contribution is -2.46. The summed E-state index contributed by atoms with van der Waals surface area (Å²) in [6.45, 7) is 4.76. The van der Waals surface area contributed by atoms with Gasteiger partial charge in [-0.3, -0.25) is 9.36 Å². The van der Waals surface area contributed by atoms with E-state index in [2.05, 4.69) is 31.3 Å². The summed E-state index contributed by atoms with van der Waals surface area (Å²) >= 11 is 0. The second kappa shape index (κ2) is 48.3. The van der Waals surface area contributed by atoms with Crippen molar-refractivity contribution in [1.29, 1.82) is 0 Å². The molecule has 65 heavy (non-hydrogen) atoms. The molecule has 0 fully saturated rings. The first-order chi connectivity index (χ1) is 31.5. The second-order valence-corrected chi connectivity index (χ2v) is 22.4. The van der Waals surface area contributed by atoms with Gasteiger partial charge < -0.3 is 28.8 Å². The minimum Gasteiger partial charge on any atom is -0.756 e. The van der Waals surface area contributed by atoms with E-state index in [1.807, 2.05) is 21.1 Å². The Morgan fingerprint density at radius 2 is 0.846 bits per heavy atom. The average Bonchev–Trinajstić information content (AvgIpc) is 3.26. The fraction of sp³-hybridized carbons (Fsp3) is 0.946. The summed E-state index contributed by atoms with van der Waals surface area (Å²) < 4.78 is 23.4. The van der Waals surface area contributed by atoms with Gasteiger partial charge in [0.15, 0.2) is 0 Å². The summed E-state index contributed by atoms with van der Waals surface area (Å²) in [6, 6.07) is -0.800. The summed E-state index contributed by atoms with van der Waals surface area (Å²) in [5, 5.41) is 14.0. The van der Waals surface area contributed by atoms with Gasteiger partial charge >= 0.3 is 0 Å². The zero-order valence-electron chi connectivity index (χ0n) is 44.2. The van der Waals surface area contributed by atoms with E-state index in [9.17, 15) is 19.4 Å². The van der Waals surface area contributed by atoms with Crippen molar-refractivity contribution in [2.24, 2.45) is 0 Å². The fourth-order valence-electron chi connectivity index (χ4n) is 8.74. The van der Waals surface area contributed by atoms with Crippen molar-refractivity contribution in [3.8, 4) is 0 Å². The lowest BCUT2D eigenvalue weighted by molar-refractivity contribution is -0.870. The molecular formula is C56H113N2O6P. The SMILES string of the molecule is CCCCCCCCCC/C=C\CCCCCCCCCC(=O)NC(COP(=O)([O-])OCC[N+](C)(C)C)C(O)CCCCCCCCCCCCCCCCCCCCCCCCCC. The van der Waals surface area contributed by atoms with Crippen LogP contribution in [0.5, 0.6) is 0 Å². The molecule has 8 nitrogen and oxygen atoms in total. The smallest absolute Gasteiger partial charge is 0.268 e. The third-order valence-corrected chi connectivity index (χ3v) is 14.2. The minimum absolute atomic E-state index is 0.0137. The number of aliphatic hydroxyl groups excluding tert-OH is 1. The van der Waals surface area contributed by atoms with Crippen LogP contribution in [0.25, 0.3) is 0 Å². The highest BCUT2D eigenvalue weighted by atomic mass is 31.2. The number of phosphoric acid groups is 1. The number of carbonyl (C=O) groups is 1. The van der Waals surface area contributed by atoms with Gasteiger partial charge in [-0.05, 0) is 38.5 Å². The Hall–Kier alpha value is -0.760. The van der Waals surface area contributed by atoms with Gasteiger partial charge in [-0.25, -0.2) is 0 Å². The van der Waals surface area contributed by atoms with Crippen LogP contribution >= 0.6 is 7.82 Å². The number of hydrogen-bond acceptors (Lipinski definition) is 6. The summed E-state index contributed by atoms with van der Waals surface area (Å²) in [5.41, 5.74) is 0. The molecule has 0 rings (SSSR count). The normalized spacial score (nSPS) is 14.0. The Balaban J connectivity index is 4.16. The van der Waals surface area contributed by atoms with Crippen LogP contribution < -0.4 is 10.2 Å². The van der Waals surface area contributed by atoms with Crippen molar-refractivity contribution in [3.05, 3.63) is 12.2 Å². The molecule has 0 aromatic carbocycles. The molecule has 0 aliphatic rings. The van der Waals surface area contributed by atoms with Gasteiger partial charge in [0.2, 0.25) is 5.91 Å². The molecule has 0 aromatic heterocycles. The maximum atomic E-state index is 13.0. The number of carbonyl (C=O) groups excluding carboxylic acids is 1. The van der Waals surface area contributed by atoms with Gasteiger partial charge in [0.1, 0.15) is 13.2 Å². The number of unbranched alkanes of at least 4 members (excludes halogenated alkanes) is 38. The second-order valence-electron chi connectivity index (χ2n) is 21.0. The van der Waals surface area contributed by atoms with Gasteiger partial charge in [-0.15, -0.1) is 0 Å². The van der Waals surface area contributed by atoms with E-state index in [0.717, 1.165) is 38.5 Å². The lowest BCUT2D eigenvalue weighted by atomic mass is 10.0. The molecule has 0 saturated heterocycles. The van der Waals surface area contributed by atoms with Crippen molar-refractivity contribution in [2.75, 3.05) is 40.9 Å². The fourth-order valence-corrected chi connectivity index (χ4v) is 9.47. The first-order valence-corrected chi connectivity index (χ1v) is 30.0. The van der Waals surface area contributed by atoms with Crippen molar-refractivity contribution in [1.82, 2.24) is 5.32 Å². The summed E-state index contributed by atoms with van der Waals surface area (Å²) in [6.07, 6.45) is 58.1. The van der Waals surface area contributed by atoms with Gasteiger partial charge in [0.05, 0.1) is 39.9 Å². The molecule has 1 amide bonds. The highest BCUT2D eigenvalue weighted by Crippen LogP contribution is 2.38. The van der Waals surface area contributed by atoms with E-state index in [1.165, 1.54) is 225 Å². The number of phosphoric ester groups is 1. The largest absolute Gasteiger partial charge is 0.756 e. The van der Waals surface area contributed by atoms with Gasteiger partial charge in [0.25, 0.3) is 7.82 Å². The highest BCUT2D eigenvalue weighted by molar-refractivity contribution is 7.45. The molecule has 0 aliphatic carbocycles. The molecule has 0 saturated carbocycles. The van der Waals surface area contributed by atoms with Crippen molar-refractivity contribution < 1.29 is 32.9 Å². The number of nitrogens with zero attached hydrogens (tertiary/aromatic N) is 1. The van der Waals surface area contributed by atoms with Gasteiger partial charge in [0, 0.05) is 6.42 Å². The van der Waals surface area contributed by atoms with Crippen molar-refractivity contribution >= 4 is 13.7 Å². The van der Waals surface area contributed by atoms with E-state index in [-0.39, 0.29) is 19.1 Å². The number of nitrogens with one attached hydrogen (secondary N) is 1. The van der Waals surface area contributed by atoms with E-state index in [0.29, 0.717) is 23.9 Å². The first kappa shape index (κ1) is 64.2. The molecule has 388 valence electrons. The van der Waals surface area contributed by atoms with Crippen LogP contribution in [-0.4, -0.2) is 68.5 Å². The van der Waals surface area contributed by atoms with Crippen molar-refractivity contribution in [3.63, 3.8) is 0 Å². The maximum absolute atomic E-state index is 13.0. The van der Waals surface area contributed by atoms with Crippen LogP contribution in [0.4, 0.5) is 0 Å². The molecule has 2 N–H and O–H groups in total. The molecule has 0 radical (unpaired) electrons. The summed E-state index contributed by atoms with van der Waals surface area (Å²) in [4.78, 5) is 25.5. The van der Waals surface area contributed by atoms with Gasteiger partial charge in [-0.1, -0.05) is 257 Å². The van der Waals surface area contributed by atoms with E-state index in [4.69, 9.17) is 9.05 Å². The third kappa shape index (κ3) is 50.9. The number of quaternary nitrogens is 1. The van der Waals surface area contributed by atoms with E-state index in [1.54, 1.807) is 0 Å². The minimum atomic E-state index is -4.57. The highest BCUT2D eigenvalue weighted by Gasteiger charge is 2.24. The molecule has 3 atom stereocenters. The van der Waals surface area contributed by atoms with Crippen molar-refractivity contribution in [2.45, 2.75) is 302 Å². The Labute approximate surface area is 405 Å². The Morgan fingerprint density at radius 1 is 0.523 bits per heavy atom. The number of aliphatic hydroxyl groups is 1. The third-order valence-electron chi connectivity index (χ3n) is 13.3. The van der Waals surface area contributed by atoms with Crippen LogP contribution in [0, 0.1) is 0 Å². The van der Waals surface area contributed by atoms with Crippen LogP contribution in [-0.2, 0) is 18.4 Å². The lowest BCUT2D eigenvalue weighted by Gasteiger charge is -2.30. The first-order valence-electron chi connectivity index (χ1n) is 28.5.